The molecule has 2 heterocycles. The zero-order valence-corrected chi connectivity index (χ0v) is 12.0. The molecule has 1 amide bonds. The minimum atomic E-state index is -0.176. The maximum absolute atomic E-state index is 12.6. The van der Waals surface area contributed by atoms with Gasteiger partial charge in [-0.15, -0.1) is 11.3 Å². The van der Waals surface area contributed by atoms with Crippen molar-refractivity contribution in [1.29, 1.82) is 0 Å². The molecule has 102 valence electrons. The SMILES string of the molecule is CCC1CCCCN1C(=O)c1sccc1C#CCO. The number of carbonyl (C=O) groups is 1. The van der Waals surface area contributed by atoms with Crippen molar-refractivity contribution in [2.75, 3.05) is 13.2 Å². The van der Waals surface area contributed by atoms with Crippen molar-refractivity contribution in [2.45, 2.75) is 38.6 Å². The molecule has 1 fully saturated rings. The molecule has 2 rings (SSSR count). The van der Waals surface area contributed by atoms with Gasteiger partial charge in [-0.1, -0.05) is 18.8 Å². The molecule has 0 aliphatic carbocycles. The predicted molar refractivity (Wildman–Crippen MR) is 77.2 cm³/mol. The van der Waals surface area contributed by atoms with Gasteiger partial charge in [0.1, 0.15) is 11.5 Å². The lowest BCUT2D eigenvalue weighted by molar-refractivity contribution is 0.0613. The van der Waals surface area contributed by atoms with Crippen LogP contribution in [0.4, 0.5) is 0 Å². The number of carbonyl (C=O) groups excluding carboxylic acids is 1. The van der Waals surface area contributed by atoms with Crippen LogP contribution in [0.5, 0.6) is 0 Å². The van der Waals surface area contributed by atoms with Crippen molar-refractivity contribution in [3.05, 3.63) is 21.9 Å². The van der Waals surface area contributed by atoms with E-state index in [2.05, 4.69) is 18.8 Å². The lowest BCUT2D eigenvalue weighted by atomic mass is 9.99. The summed E-state index contributed by atoms with van der Waals surface area (Å²) in [6.07, 6.45) is 4.41. The summed E-state index contributed by atoms with van der Waals surface area (Å²) in [6, 6.07) is 2.22. The van der Waals surface area contributed by atoms with Crippen molar-refractivity contribution in [1.82, 2.24) is 4.90 Å². The highest BCUT2D eigenvalue weighted by Gasteiger charge is 2.27. The third-order valence-corrected chi connectivity index (χ3v) is 4.42. The summed E-state index contributed by atoms with van der Waals surface area (Å²) >= 11 is 1.44. The summed E-state index contributed by atoms with van der Waals surface area (Å²) in [5.74, 6) is 5.57. The molecule has 19 heavy (non-hydrogen) atoms. The van der Waals surface area contributed by atoms with Crippen LogP contribution in [0.3, 0.4) is 0 Å². The topological polar surface area (TPSA) is 40.5 Å². The number of aliphatic hydroxyl groups is 1. The maximum atomic E-state index is 12.6. The Labute approximate surface area is 118 Å². The number of thiophene rings is 1. The molecule has 0 spiro atoms. The zero-order valence-electron chi connectivity index (χ0n) is 11.2. The molecular weight excluding hydrogens is 258 g/mol. The average Bonchev–Trinajstić information content (AvgIpc) is 2.92. The van der Waals surface area contributed by atoms with Gasteiger partial charge in [0.15, 0.2) is 0 Å². The molecule has 0 radical (unpaired) electrons. The Kier molecular flexibility index (Phi) is 5.00. The van der Waals surface area contributed by atoms with Crippen LogP contribution in [-0.4, -0.2) is 35.1 Å². The molecule has 1 atom stereocenters. The molecule has 3 nitrogen and oxygen atoms in total. The number of piperidine rings is 1. The lowest BCUT2D eigenvalue weighted by Crippen LogP contribution is -2.43. The second-order valence-electron chi connectivity index (χ2n) is 4.68. The summed E-state index contributed by atoms with van der Waals surface area (Å²) in [7, 11) is 0. The van der Waals surface area contributed by atoms with E-state index in [0.717, 1.165) is 31.4 Å². The fraction of sp³-hybridized carbons (Fsp3) is 0.533. The van der Waals surface area contributed by atoms with E-state index in [4.69, 9.17) is 5.11 Å². The lowest BCUT2D eigenvalue weighted by Gasteiger charge is -2.35. The quantitative estimate of drug-likeness (QED) is 0.844. The predicted octanol–water partition coefficient (Wildman–Crippen LogP) is 2.50. The summed E-state index contributed by atoms with van der Waals surface area (Å²) in [5, 5.41) is 10.6. The smallest absolute Gasteiger partial charge is 0.265 e. The third kappa shape index (κ3) is 3.17. The Balaban J connectivity index is 2.21. The maximum Gasteiger partial charge on any atom is 0.265 e. The fourth-order valence-corrected chi connectivity index (χ4v) is 3.34. The van der Waals surface area contributed by atoms with E-state index >= 15 is 0 Å². The Morgan fingerprint density at radius 2 is 2.42 bits per heavy atom. The van der Waals surface area contributed by atoms with Crippen LogP contribution in [0.1, 0.15) is 47.8 Å². The van der Waals surface area contributed by atoms with Gasteiger partial charge in [-0.25, -0.2) is 0 Å². The molecule has 1 aliphatic rings. The summed E-state index contributed by atoms with van der Waals surface area (Å²) in [4.78, 5) is 15.3. The number of nitrogens with zero attached hydrogens (tertiary/aromatic N) is 1. The van der Waals surface area contributed by atoms with E-state index < -0.39 is 0 Å². The Morgan fingerprint density at radius 1 is 1.58 bits per heavy atom. The number of hydrogen-bond acceptors (Lipinski definition) is 3. The van der Waals surface area contributed by atoms with Gasteiger partial charge in [0.05, 0.1) is 0 Å². The average molecular weight is 277 g/mol. The second kappa shape index (κ2) is 6.74. The van der Waals surface area contributed by atoms with Crippen LogP contribution in [0.2, 0.25) is 0 Å². The van der Waals surface area contributed by atoms with E-state index in [1.165, 1.54) is 17.8 Å². The van der Waals surface area contributed by atoms with Crippen LogP contribution < -0.4 is 0 Å². The molecule has 1 N–H and O–H groups in total. The first-order chi connectivity index (χ1) is 9.27. The van der Waals surface area contributed by atoms with Crippen LogP contribution in [0.25, 0.3) is 0 Å². The summed E-state index contributed by atoms with van der Waals surface area (Å²) < 4.78 is 0. The Morgan fingerprint density at radius 3 is 3.16 bits per heavy atom. The first-order valence-corrected chi connectivity index (χ1v) is 7.64. The van der Waals surface area contributed by atoms with Crippen molar-refractivity contribution in [2.24, 2.45) is 0 Å². The minimum absolute atomic E-state index is 0.101. The highest BCUT2D eigenvalue weighted by atomic mass is 32.1. The zero-order chi connectivity index (χ0) is 13.7. The molecule has 0 saturated carbocycles. The largest absolute Gasteiger partial charge is 0.384 e. The Bertz CT molecular complexity index is 498. The highest BCUT2D eigenvalue weighted by molar-refractivity contribution is 7.12. The van der Waals surface area contributed by atoms with Gasteiger partial charge in [0, 0.05) is 18.2 Å². The van der Waals surface area contributed by atoms with E-state index in [9.17, 15) is 4.79 Å². The number of aliphatic hydroxyl groups excluding tert-OH is 1. The summed E-state index contributed by atoms with van der Waals surface area (Å²) in [5.41, 5.74) is 0.740. The molecule has 1 aromatic rings. The third-order valence-electron chi connectivity index (χ3n) is 3.52. The Hall–Kier alpha value is -1.31. The van der Waals surface area contributed by atoms with Crippen LogP contribution in [0.15, 0.2) is 11.4 Å². The van der Waals surface area contributed by atoms with Gasteiger partial charge >= 0.3 is 0 Å². The van der Waals surface area contributed by atoms with Crippen LogP contribution in [0, 0.1) is 11.8 Å². The van der Waals surface area contributed by atoms with Gasteiger partial charge in [-0.05, 0) is 37.1 Å². The van der Waals surface area contributed by atoms with E-state index in [1.807, 2.05) is 16.3 Å². The van der Waals surface area contributed by atoms with Crippen LogP contribution in [-0.2, 0) is 0 Å². The molecule has 0 bridgehead atoms. The highest BCUT2D eigenvalue weighted by Crippen LogP contribution is 2.25. The molecular formula is C15H19NO2S. The molecule has 1 unspecified atom stereocenters. The van der Waals surface area contributed by atoms with Crippen molar-refractivity contribution in [3.8, 4) is 11.8 Å². The second-order valence-corrected chi connectivity index (χ2v) is 5.60. The number of hydrogen-bond donors (Lipinski definition) is 1. The fourth-order valence-electron chi connectivity index (χ4n) is 2.53. The monoisotopic (exact) mass is 277 g/mol. The van der Waals surface area contributed by atoms with Crippen LogP contribution >= 0.6 is 11.3 Å². The number of amides is 1. The minimum Gasteiger partial charge on any atom is -0.384 e. The van der Waals surface area contributed by atoms with E-state index in [1.54, 1.807) is 0 Å². The van der Waals surface area contributed by atoms with Crippen molar-refractivity contribution < 1.29 is 9.90 Å². The number of rotatable bonds is 2. The molecule has 4 heteroatoms. The standard InChI is InChI=1S/C15H19NO2S/c1-2-13-7-3-4-9-16(13)15(18)14-12(6-5-10-17)8-11-19-14/h8,11,13,17H,2-4,7,9-10H2,1H3. The molecule has 1 aliphatic heterocycles. The summed E-state index contributed by atoms with van der Waals surface area (Å²) in [6.45, 7) is 2.81. The van der Waals surface area contributed by atoms with Crippen molar-refractivity contribution in [3.63, 3.8) is 0 Å². The first kappa shape index (κ1) is 14.1. The first-order valence-electron chi connectivity index (χ1n) is 6.76. The molecule has 1 saturated heterocycles. The molecule has 1 aromatic heterocycles. The van der Waals surface area contributed by atoms with Gasteiger partial charge < -0.3 is 10.0 Å². The van der Waals surface area contributed by atoms with Gasteiger partial charge in [0.2, 0.25) is 0 Å². The van der Waals surface area contributed by atoms with E-state index in [-0.39, 0.29) is 12.5 Å². The van der Waals surface area contributed by atoms with Gasteiger partial charge in [-0.2, -0.15) is 0 Å². The van der Waals surface area contributed by atoms with Crippen molar-refractivity contribution >= 4 is 17.2 Å². The number of likely N-dealkylation sites (tertiary alicyclic amines) is 1. The normalized spacial score (nSPS) is 18.8. The molecule has 0 aromatic carbocycles. The van der Waals surface area contributed by atoms with E-state index in [0.29, 0.717) is 10.9 Å². The van der Waals surface area contributed by atoms with Gasteiger partial charge in [0.25, 0.3) is 5.91 Å². The van der Waals surface area contributed by atoms with Gasteiger partial charge in [-0.3, -0.25) is 4.79 Å².